The fraction of sp³-hybridized carbons (Fsp3) is 0.769. The molecule has 0 spiro atoms. The molecule has 0 unspecified atom stereocenters. The zero-order valence-electron chi connectivity index (χ0n) is 12.2. The molecule has 0 saturated carbocycles. The van der Waals surface area contributed by atoms with Gasteiger partial charge >= 0.3 is 17.9 Å². The van der Waals surface area contributed by atoms with Crippen molar-refractivity contribution in [3.63, 3.8) is 0 Å². The number of ether oxygens (including phenoxy) is 3. The molecule has 0 atom stereocenters. The molecule has 0 bridgehead atoms. The second-order valence-electron chi connectivity index (χ2n) is 4.34. The van der Waals surface area contributed by atoms with Crippen LogP contribution in [0.5, 0.6) is 0 Å². The molecule has 0 amide bonds. The van der Waals surface area contributed by atoms with E-state index >= 15 is 0 Å². The standard InChI is InChI=1S/C13H22O6S3/c14-11(1-4-20)17-7-10(8-18-12(15)2-5-21)9-19-13(16)3-6-22/h10,20-22H,1-9H2. The molecule has 0 rings (SSSR count). The summed E-state index contributed by atoms with van der Waals surface area (Å²) in [4.78, 5) is 34.0. The molecule has 0 aliphatic carbocycles. The molecule has 0 saturated heterocycles. The van der Waals surface area contributed by atoms with Crippen LogP contribution in [0.4, 0.5) is 0 Å². The summed E-state index contributed by atoms with van der Waals surface area (Å²) in [6, 6.07) is 0. The Balaban J connectivity index is 4.26. The minimum absolute atomic E-state index is 0.00885. The molecule has 0 aromatic heterocycles. The molecule has 9 heteroatoms. The lowest BCUT2D eigenvalue weighted by Gasteiger charge is -2.17. The normalized spacial score (nSPS) is 10.4. The SMILES string of the molecule is O=C(CCS)OCC(COC(=O)CCS)COC(=O)CCS. The minimum Gasteiger partial charge on any atom is -0.465 e. The zero-order chi connectivity index (χ0) is 16.8. The molecule has 0 aromatic carbocycles. The average molecular weight is 371 g/mol. The summed E-state index contributed by atoms with van der Waals surface area (Å²) >= 11 is 11.8. The van der Waals surface area contributed by atoms with Gasteiger partial charge in [0.1, 0.15) is 19.8 Å². The number of thiol groups is 3. The Bertz CT molecular complexity index is 298. The maximum absolute atomic E-state index is 11.3. The highest BCUT2D eigenvalue weighted by Crippen LogP contribution is 2.05. The number of hydrogen-bond donors (Lipinski definition) is 3. The van der Waals surface area contributed by atoms with Gasteiger partial charge in [-0.15, -0.1) is 0 Å². The fourth-order valence-corrected chi connectivity index (χ4v) is 1.81. The van der Waals surface area contributed by atoms with Crippen LogP contribution in [-0.2, 0) is 28.6 Å². The van der Waals surface area contributed by atoms with E-state index in [1.807, 2.05) is 0 Å². The summed E-state index contributed by atoms with van der Waals surface area (Å²) in [5, 5.41) is 0. The van der Waals surface area contributed by atoms with E-state index in [9.17, 15) is 14.4 Å². The van der Waals surface area contributed by atoms with E-state index in [1.54, 1.807) is 0 Å². The highest BCUT2D eigenvalue weighted by atomic mass is 32.1. The number of carbonyl (C=O) groups excluding carboxylic acids is 3. The van der Waals surface area contributed by atoms with Crippen molar-refractivity contribution in [1.82, 2.24) is 0 Å². The zero-order valence-corrected chi connectivity index (χ0v) is 14.9. The monoisotopic (exact) mass is 370 g/mol. The van der Waals surface area contributed by atoms with Crippen LogP contribution in [0, 0.1) is 5.92 Å². The van der Waals surface area contributed by atoms with Gasteiger partial charge in [-0.1, -0.05) is 0 Å². The molecule has 6 nitrogen and oxygen atoms in total. The van der Waals surface area contributed by atoms with Crippen LogP contribution in [0.1, 0.15) is 19.3 Å². The molecule has 0 fully saturated rings. The summed E-state index contributed by atoms with van der Waals surface area (Å²) in [5.74, 6) is -0.446. The van der Waals surface area contributed by atoms with Crippen molar-refractivity contribution in [1.29, 1.82) is 0 Å². The highest BCUT2D eigenvalue weighted by Gasteiger charge is 2.17. The van der Waals surface area contributed by atoms with Crippen molar-refractivity contribution in [3.05, 3.63) is 0 Å². The summed E-state index contributed by atoms with van der Waals surface area (Å²) in [6.45, 7) is 0.0266. The smallest absolute Gasteiger partial charge is 0.306 e. The summed E-state index contributed by atoms with van der Waals surface area (Å²) < 4.78 is 15.1. The predicted molar refractivity (Wildman–Crippen MR) is 91.8 cm³/mol. The predicted octanol–water partition coefficient (Wildman–Crippen LogP) is 1.19. The van der Waals surface area contributed by atoms with Crippen LogP contribution < -0.4 is 0 Å². The van der Waals surface area contributed by atoms with E-state index in [2.05, 4.69) is 37.9 Å². The van der Waals surface area contributed by atoms with E-state index in [1.165, 1.54) is 0 Å². The van der Waals surface area contributed by atoms with Crippen molar-refractivity contribution in [3.8, 4) is 0 Å². The van der Waals surface area contributed by atoms with Crippen molar-refractivity contribution in [2.24, 2.45) is 5.92 Å². The van der Waals surface area contributed by atoms with Crippen LogP contribution in [-0.4, -0.2) is 55.0 Å². The van der Waals surface area contributed by atoms with Gasteiger partial charge in [0, 0.05) is 17.3 Å². The van der Waals surface area contributed by atoms with Gasteiger partial charge in [0.2, 0.25) is 0 Å². The third-order valence-corrected chi connectivity index (χ3v) is 3.06. The van der Waals surface area contributed by atoms with Crippen LogP contribution in [0.3, 0.4) is 0 Å². The summed E-state index contributed by atoms with van der Waals surface area (Å²) in [6.07, 6.45) is 0.568. The third-order valence-electron chi connectivity index (χ3n) is 2.39. The first-order valence-corrected chi connectivity index (χ1v) is 8.72. The van der Waals surface area contributed by atoms with E-state index < -0.39 is 23.8 Å². The summed E-state index contributed by atoms with van der Waals surface area (Å²) in [5.41, 5.74) is 0. The molecular formula is C13H22O6S3. The number of rotatable bonds is 12. The molecule has 0 heterocycles. The molecule has 0 aromatic rings. The fourth-order valence-electron chi connectivity index (χ4n) is 1.27. The van der Waals surface area contributed by atoms with Crippen LogP contribution in [0.25, 0.3) is 0 Å². The minimum atomic E-state index is -0.406. The van der Waals surface area contributed by atoms with Crippen molar-refractivity contribution in [2.75, 3.05) is 37.1 Å². The van der Waals surface area contributed by atoms with E-state index in [4.69, 9.17) is 14.2 Å². The molecule has 22 heavy (non-hydrogen) atoms. The Kier molecular flexibility index (Phi) is 13.7. The quantitative estimate of drug-likeness (QED) is 0.272. The molecule has 0 aliphatic heterocycles. The van der Waals surface area contributed by atoms with Gasteiger partial charge in [-0.05, 0) is 0 Å². The maximum Gasteiger partial charge on any atom is 0.306 e. The number of esters is 3. The first-order chi connectivity index (χ1) is 10.5. The lowest BCUT2D eigenvalue weighted by atomic mass is 10.2. The second-order valence-corrected chi connectivity index (χ2v) is 5.68. The van der Waals surface area contributed by atoms with Gasteiger partial charge in [-0.3, -0.25) is 14.4 Å². The van der Waals surface area contributed by atoms with Crippen LogP contribution in [0.2, 0.25) is 0 Å². The van der Waals surface area contributed by atoms with E-state index in [0.29, 0.717) is 17.3 Å². The number of carbonyl (C=O) groups is 3. The van der Waals surface area contributed by atoms with Gasteiger partial charge in [0.05, 0.1) is 25.2 Å². The Labute approximate surface area is 146 Å². The van der Waals surface area contributed by atoms with Gasteiger partial charge in [-0.25, -0.2) is 0 Å². The average Bonchev–Trinajstić information content (AvgIpc) is 2.47. The third kappa shape index (κ3) is 12.0. The van der Waals surface area contributed by atoms with Gasteiger partial charge in [-0.2, -0.15) is 37.9 Å². The van der Waals surface area contributed by atoms with E-state index in [-0.39, 0.29) is 39.1 Å². The molecule has 0 aliphatic rings. The summed E-state index contributed by atoms with van der Waals surface area (Å²) in [7, 11) is 0. The topological polar surface area (TPSA) is 78.9 Å². The maximum atomic E-state index is 11.3. The second kappa shape index (κ2) is 14.1. The Hall–Kier alpha value is -0.540. The number of hydrogen-bond acceptors (Lipinski definition) is 9. The lowest BCUT2D eigenvalue weighted by Crippen LogP contribution is -2.26. The highest BCUT2D eigenvalue weighted by molar-refractivity contribution is 7.80. The van der Waals surface area contributed by atoms with E-state index in [0.717, 1.165) is 0 Å². The van der Waals surface area contributed by atoms with Crippen molar-refractivity contribution >= 4 is 55.8 Å². The first-order valence-electron chi connectivity index (χ1n) is 6.82. The Morgan fingerprint density at radius 2 is 0.909 bits per heavy atom. The van der Waals surface area contributed by atoms with Crippen molar-refractivity contribution < 1.29 is 28.6 Å². The van der Waals surface area contributed by atoms with Gasteiger partial charge in [0.25, 0.3) is 0 Å². The largest absolute Gasteiger partial charge is 0.465 e. The van der Waals surface area contributed by atoms with Crippen molar-refractivity contribution in [2.45, 2.75) is 19.3 Å². The first kappa shape index (κ1) is 21.5. The Morgan fingerprint density at radius 3 is 1.14 bits per heavy atom. The Morgan fingerprint density at radius 1 is 0.636 bits per heavy atom. The molecular weight excluding hydrogens is 348 g/mol. The molecule has 0 radical (unpaired) electrons. The van der Waals surface area contributed by atoms with Gasteiger partial charge in [0.15, 0.2) is 0 Å². The van der Waals surface area contributed by atoms with Crippen LogP contribution in [0.15, 0.2) is 0 Å². The van der Waals surface area contributed by atoms with Crippen LogP contribution >= 0.6 is 37.9 Å². The molecule has 0 N–H and O–H groups in total. The lowest BCUT2D eigenvalue weighted by molar-refractivity contribution is -0.152. The molecule has 128 valence electrons. The van der Waals surface area contributed by atoms with Gasteiger partial charge < -0.3 is 14.2 Å².